The lowest BCUT2D eigenvalue weighted by atomic mass is 9.75. The Kier molecular flexibility index (Phi) is 6.09. The first-order valence-corrected chi connectivity index (χ1v) is 14.2. The molecule has 4 unspecified atom stereocenters. The van der Waals surface area contributed by atoms with E-state index < -0.39 is 10.0 Å². The summed E-state index contributed by atoms with van der Waals surface area (Å²) in [5.74, 6) is 2.31. The van der Waals surface area contributed by atoms with E-state index in [9.17, 15) is 13.2 Å². The Bertz CT molecular complexity index is 993. The van der Waals surface area contributed by atoms with Gasteiger partial charge in [-0.15, -0.1) is 0 Å². The fourth-order valence-electron chi connectivity index (χ4n) is 7.36. The van der Waals surface area contributed by atoms with Gasteiger partial charge in [-0.25, -0.2) is 8.42 Å². The van der Waals surface area contributed by atoms with Crippen LogP contribution in [-0.2, 0) is 14.8 Å². The summed E-state index contributed by atoms with van der Waals surface area (Å²) in [5.41, 5.74) is 0.532. The Morgan fingerprint density at radius 1 is 1.12 bits per heavy atom. The van der Waals surface area contributed by atoms with Crippen LogP contribution < -0.4 is 5.32 Å². The maximum atomic E-state index is 13.5. The van der Waals surface area contributed by atoms with Crippen LogP contribution in [0, 0.1) is 24.7 Å². The van der Waals surface area contributed by atoms with Crippen molar-refractivity contribution in [1.82, 2.24) is 9.62 Å². The first-order valence-electron chi connectivity index (χ1n) is 12.4. The van der Waals surface area contributed by atoms with Crippen molar-refractivity contribution >= 4 is 27.5 Å². The fourth-order valence-corrected chi connectivity index (χ4v) is 9.53. The van der Waals surface area contributed by atoms with Crippen molar-refractivity contribution in [2.45, 2.75) is 94.0 Å². The zero-order valence-corrected chi connectivity index (χ0v) is 20.6. The molecule has 0 aromatic heterocycles. The predicted octanol–water partition coefficient (Wildman–Crippen LogP) is 5.06. The number of sulfonamides is 1. The van der Waals surface area contributed by atoms with E-state index in [0.717, 1.165) is 56.3 Å². The van der Waals surface area contributed by atoms with Crippen molar-refractivity contribution in [2.24, 2.45) is 17.8 Å². The highest BCUT2D eigenvalue weighted by molar-refractivity contribution is 7.89. The molecule has 0 radical (unpaired) electrons. The number of hydrogen-bond acceptors (Lipinski definition) is 3. The SMILES string of the molecule is Cc1c(Cl)cccc1S(=O)(=O)N1CCCCC1CC(=O)NC12CC3CCC[C@@H](CC3C1)C2. The minimum absolute atomic E-state index is 0.0283. The molecule has 32 heavy (non-hydrogen) atoms. The maximum absolute atomic E-state index is 13.5. The third-order valence-electron chi connectivity index (χ3n) is 8.68. The van der Waals surface area contributed by atoms with Gasteiger partial charge in [-0.1, -0.05) is 43.4 Å². The summed E-state index contributed by atoms with van der Waals surface area (Å²) in [6.45, 7) is 2.21. The minimum Gasteiger partial charge on any atom is -0.351 e. The Labute approximate surface area is 197 Å². The number of nitrogens with one attached hydrogen (secondary N) is 1. The van der Waals surface area contributed by atoms with E-state index in [4.69, 9.17) is 11.6 Å². The number of piperidine rings is 1. The van der Waals surface area contributed by atoms with E-state index in [1.807, 2.05) is 0 Å². The first-order chi connectivity index (χ1) is 15.3. The van der Waals surface area contributed by atoms with Gasteiger partial charge in [0.25, 0.3) is 0 Å². The highest BCUT2D eigenvalue weighted by Gasteiger charge is 2.52. The van der Waals surface area contributed by atoms with E-state index in [-0.39, 0.29) is 28.8 Å². The molecule has 0 spiro atoms. The van der Waals surface area contributed by atoms with Crippen LogP contribution in [0.25, 0.3) is 0 Å². The average Bonchev–Trinajstić information content (AvgIpc) is 2.89. The highest BCUT2D eigenvalue weighted by Crippen LogP contribution is 2.55. The summed E-state index contributed by atoms with van der Waals surface area (Å²) in [7, 11) is -3.70. The molecule has 3 aliphatic carbocycles. The topological polar surface area (TPSA) is 66.5 Å². The summed E-state index contributed by atoms with van der Waals surface area (Å²) < 4.78 is 28.6. The molecule has 4 aliphatic rings. The molecular weight excluding hydrogens is 444 g/mol. The normalized spacial score (nSPS) is 34.9. The molecule has 1 amide bonds. The third-order valence-corrected chi connectivity index (χ3v) is 11.2. The van der Waals surface area contributed by atoms with Crippen LogP contribution in [-0.4, -0.2) is 36.8 Å². The van der Waals surface area contributed by atoms with E-state index >= 15 is 0 Å². The van der Waals surface area contributed by atoms with Gasteiger partial charge in [0.2, 0.25) is 15.9 Å². The maximum Gasteiger partial charge on any atom is 0.243 e. The molecule has 5 rings (SSSR count). The van der Waals surface area contributed by atoms with Crippen LogP contribution in [0.5, 0.6) is 0 Å². The Hall–Kier alpha value is -1.11. The van der Waals surface area contributed by atoms with Gasteiger partial charge in [0.05, 0.1) is 4.90 Å². The molecule has 1 aromatic rings. The highest BCUT2D eigenvalue weighted by atomic mass is 35.5. The number of rotatable bonds is 5. The van der Waals surface area contributed by atoms with Gasteiger partial charge < -0.3 is 5.32 Å². The molecule has 5 atom stereocenters. The number of carbonyl (C=O) groups is 1. The lowest BCUT2D eigenvalue weighted by molar-refractivity contribution is -0.124. The molecule has 1 saturated heterocycles. The number of nitrogens with zero attached hydrogens (tertiary/aromatic N) is 1. The summed E-state index contributed by atoms with van der Waals surface area (Å²) in [4.78, 5) is 13.5. The Balaban J connectivity index is 1.32. The number of carbonyl (C=O) groups excluding carboxylic acids is 1. The molecule has 1 N–H and O–H groups in total. The fraction of sp³-hybridized carbons (Fsp3) is 0.720. The van der Waals surface area contributed by atoms with Gasteiger partial charge in [-0.3, -0.25) is 4.79 Å². The van der Waals surface area contributed by atoms with Gasteiger partial charge in [-0.2, -0.15) is 4.31 Å². The number of halogens is 1. The zero-order chi connectivity index (χ0) is 22.5. The van der Waals surface area contributed by atoms with Crippen molar-refractivity contribution in [2.75, 3.05) is 6.54 Å². The second-order valence-corrected chi connectivity index (χ2v) is 13.1. The predicted molar refractivity (Wildman–Crippen MR) is 126 cm³/mol. The summed E-state index contributed by atoms with van der Waals surface area (Å²) in [5, 5.41) is 3.90. The van der Waals surface area contributed by atoms with Gasteiger partial charge in [-0.05, 0) is 80.9 Å². The van der Waals surface area contributed by atoms with Crippen molar-refractivity contribution in [1.29, 1.82) is 0 Å². The van der Waals surface area contributed by atoms with Crippen molar-refractivity contribution in [3.05, 3.63) is 28.8 Å². The molecule has 7 heteroatoms. The van der Waals surface area contributed by atoms with Crippen LogP contribution in [0.2, 0.25) is 5.02 Å². The van der Waals surface area contributed by atoms with Gasteiger partial charge in [0, 0.05) is 29.6 Å². The van der Waals surface area contributed by atoms with Crippen molar-refractivity contribution in [3.8, 4) is 0 Å². The van der Waals surface area contributed by atoms with Crippen LogP contribution in [0.15, 0.2) is 23.1 Å². The van der Waals surface area contributed by atoms with Crippen LogP contribution in [0.1, 0.15) is 76.2 Å². The lowest BCUT2D eigenvalue weighted by Gasteiger charge is -2.40. The summed E-state index contributed by atoms with van der Waals surface area (Å²) in [6.07, 6.45) is 11.4. The van der Waals surface area contributed by atoms with Crippen LogP contribution in [0.4, 0.5) is 0 Å². The van der Waals surface area contributed by atoms with Gasteiger partial charge in [0.1, 0.15) is 0 Å². The molecule has 1 aliphatic heterocycles. The molecule has 1 aromatic carbocycles. The van der Waals surface area contributed by atoms with Gasteiger partial charge in [0.15, 0.2) is 0 Å². The molecule has 1 heterocycles. The molecule has 5 nitrogen and oxygen atoms in total. The standard InChI is InChI=1S/C25H35ClN2O3S/c1-17-22(26)9-5-10-23(17)32(30,31)28-11-3-2-8-21(28)13-24(29)27-25-14-18-6-4-7-19(15-25)20(12-18)16-25/h5,9-10,18-21H,2-4,6-8,11-16H2,1H3,(H,27,29)/t18-,19?,20?,21?,25?/m0/s1. The molecular formula is C25H35ClN2O3S. The van der Waals surface area contributed by atoms with Crippen LogP contribution in [0.3, 0.4) is 0 Å². The number of benzene rings is 1. The van der Waals surface area contributed by atoms with Crippen LogP contribution >= 0.6 is 11.6 Å². The summed E-state index contributed by atoms with van der Waals surface area (Å²) in [6, 6.07) is 4.73. The lowest BCUT2D eigenvalue weighted by Crippen LogP contribution is -2.52. The molecule has 176 valence electrons. The molecule has 3 saturated carbocycles. The number of hydrogen-bond donors (Lipinski definition) is 1. The van der Waals surface area contributed by atoms with E-state index in [1.54, 1.807) is 29.4 Å². The Morgan fingerprint density at radius 3 is 2.78 bits per heavy atom. The monoisotopic (exact) mass is 478 g/mol. The summed E-state index contributed by atoms with van der Waals surface area (Å²) >= 11 is 6.22. The van der Waals surface area contributed by atoms with E-state index in [2.05, 4.69) is 5.32 Å². The number of amides is 1. The first kappa shape index (κ1) is 22.7. The van der Waals surface area contributed by atoms with Crippen molar-refractivity contribution < 1.29 is 13.2 Å². The van der Waals surface area contributed by atoms with E-state index in [0.29, 0.717) is 17.1 Å². The molecule has 4 fully saturated rings. The second kappa shape index (κ2) is 8.59. The van der Waals surface area contributed by atoms with E-state index in [1.165, 1.54) is 25.7 Å². The Morgan fingerprint density at radius 2 is 1.94 bits per heavy atom. The second-order valence-electron chi connectivity index (χ2n) is 10.8. The third kappa shape index (κ3) is 4.12. The minimum atomic E-state index is -3.70. The van der Waals surface area contributed by atoms with Crippen molar-refractivity contribution in [3.63, 3.8) is 0 Å². The number of fused-ring (bicyclic) bond motifs is 2. The molecule has 3 bridgehead atoms. The quantitative estimate of drug-likeness (QED) is 0.643. The zero-order valence-electron chi connectivity index (χ0n) is 19.0. The average molecular weight is 479 g/mol. The van der Waals surface area contributed by atoms with Gasteiger partial charge >= 0.3 is 0 Å². The largest absolute Gasteiger partial charge is 0.351 e. The smallest absolute Gasteiger partial charge is 0.243 e.